The van der Waals surface area contributed by atoms with Gasteiger partial charge in [-0.3, -0.25) is 0 Å². The van der Waals surface area contributed by atoms with E-state index in [1.807, 2.05) is 12.3 Å². The second-order valence-electron chi connectivity index (χ2n) is 4.13. The highest BCUT2D eigenvalue weighted by atomic mass is 32.1. The Kier molecular flexibility index (Phi) is 4.50. The average Bonchev–Trinajstić information content (AvgIpc) is 3.07. The molecule has 1 aliphatic rings. The lowest BCUT2D eigenvalue weighted by Crippen LogP contribution is -2.08. The van der Waals surface area contributed by atoms with E-state index < -0.39 is 0 Å². The molecule has 96 valence electrons. The van der Waals surface area contributed by atoms with Crippen molar-refractivity contribution in [3.63, 3.8) is 0 Å². The highest BCUT2D eigenvalue weighted by Crippen LogP contribution is 2.44. The molecule has 0 N–H and O–H groups in total. The molecular formula is C12H19NO3S. The molecule has 1 fully saturated rings. The molecule has 1 atom stereocenters. The zero-order chi connectivity index (χ0) is 12.3. The van der Waals surface area contributed by atoms with Gasteiger partial charge in [-0.05, 0) is 25.7 Å². The van der Waals surface area contributed by atoms with E-state index in [0.29, 0.717) is 5.92 Å². The SMILES string of the molecule is CCOC(c1nc(C(OC)OC)cs1)C1CC1. The lowest BCUT2D eigenvalue weighted by Gasteiger charge is -2.13. The van der Waals surface area contributed by atoms with Crippen LogP contribution in [0.15, 0.2) is 5.38 Å². The molecule has 0 saturated heterocycles. The number of methoxy groups -OCH3 is 2. The van der Waals surface area contributed by atoms with Crippen molar-refractivity contribution in [2.24, 2.45) is 5.92 Å². The molecule has 1 aromatic rings. The van der Waals surface area contributed by atoms with E-state index in [-0.39, 0.29) is 12.4 Å². The first-order valence-electron chi connectivity index (χ1n) is 5.92. The van der Waals surface area contributed by atoms with Gasteiger partial charge in [0.2, 0.25) is 6.29 Å². The monoisotopic (exact) mass is 257 g/mol. The molecule has 0 aliphatic heterocycles. The molecule has 1 unspecified atom stereocenters. The summed E-state index contributed by atoms with van der Waals surface area (Å²) in [5, 5.41) is 3.03. The topological polar surface area (TPSA) is 40.6 Å². The maximum atomic E-state index is 5.78. The lowest BCUT2D eigenvalue weighted by atomic mass is 10.2. The smallest absolute Gasteiger partial charge is 0.201 e. The largest absolute Gasteiger partial charge is 0.371 e. The Balaban J connectivity index is 2.09. The Hall–Kier alpha value is -0.490. The predicted molar refractivity (Wildman–Crippen MR) is 66.0 cm³/mol. The molecule has 0 spiro atoms. The first-order chi connectivity index (χ1) is 8.30. The van der Waals surface area contributed by atoms with Crippen LogP contribution in [0.2, 0.25) is 0 Å². The van der Waals surface area contributed by atoms with E-state index in [4.69, 9.17) is 14.2 Å². The summed E-state index contributed by atoms with van der Waals surface area (Å²) in [4.78, 5) is 4.58. The van der Waals surface area contributed by atoms with Gasteiger partial charge in [-0.1, -0.05) is 0 Å². The Morgan fingerprint density at radius 2 is 2.12 bits per heavy atom. The zero-order valence-electron chi connectivity index (χ0n) is 10.5. The minimum atomic E-state index is -0.374. The summed E-state index contributed by atoms with van der Waals surface area (Å²) >= 11 is 1.63. The number of ether oxygens (including phenoxy) is 3. The summed E-state index contributed by atoms with van der Waals surface area (Å²) in [5.74, 6) is 0.650. The Bertz CT molecular complexity index is 347. The number of thiazole rings is 1. The second-order valence-corrected chi connectivity index (χ2v) is 5.02. The van der Waals surface area contributed by atoms with Crippen LogP contribution in [-0.2, 0) is 14.2 Å². The van der Waals surface area contributed by atoms with E-state index in [2.05, 4.69) is 4.98 Å². The summed E-state index contributed by atoms with van der Waals surface area (Å²) in [6.07, 6.45) is 2.28. The summed E-state index contributed by atoms with van der Waals surface area (Å²) in [5.41, 5.74) is 0.834. The Labute approximate surface area is 106 Å². The van der Waals surface area contributed by atoms with Crippen LogP contribution in [0.1, 0.15) is 42.9 Å². The third-order valence-corrected chi connectivity index (χ3v) is 3.77. The molecule has 1 aliphatic carbocycles. The minimum Gasteiger partial charge on any atom is -0.371 e. The maximum Gasteiger partial charge on any atom is 0.201 e. The first kappa shape index (κ1) is 13.0. The van der Waals surface area contributed by atoms with Crippen LogP contribution in [0.25, 0.3) is 0 Å². The minimum absolute atomic E-state index is 0.160. The summed E-state index contributed by atoms with van der Waals surface area (Å²) in [6.45, 7) is 2.76. The van der Waals surface area contributed by atoms with Crippen molar-refractivity contribution in [1.82, 2.24) is 4.98 Å². The van der Waals surface area contributed by atoms with Gasteiger partial charge in [0.05, 0.1) is 0 Å². The number of nitrogens with zero attached hydrogens (tertiary/aromatic N) is 1. The number of aromatic nitrogens is 1. The summed E-state index contributed by atoms with van der Waals surface area (Å²) in [7, 11) is 3.24. The molecule has 17 heavy (non-hydrogen) atoms. The van der Waals surface area contributed by atoms with E-state index in [9.17, 15) is 0 Å². The molecule has 0 amide bonds. The third kappa shape index (κ3) is 3.04. The van der Waals surface area contributed by atoms with Gasteiger partial charge in [0.25, 0.3) is 0 Å². The predicted octanol–water partition coefficient (Wildman–Crippen LogP) is 2.92. The zero-order valence-corrected chi connectivity index (χ0v) is 11.3. The third-order valence-electron chi connectivity index (χ3n) is 2.85. The number of hydrogen-bond acceptors (Lipinski definition) is 5. The fourth-order valence-electron chi connectivity index (χ4n) is 1.86. The Morgan fingerprint density at radius 3 is 2.65 bits per heavy atom. The van der Waals surface area contributed by atoms with Gasteiger partial charge in [0.15, 0.2) is 0 Å². The van der Waals surface area contributed by atoms with Gasteiger partial charge < -0.3 is 14.2 Å². The molecule has 0 radical (unpaired) electrons. The van der Waals surface area contributed by atoms with Crippen LogP contribution in [0.3, 0.4) is 0 Å². The van der Waals surface area contributed by atoms with Crippen LogP contribution in [-0.4, -0.2) is 25.8 Å². The van der Waals surface area contributed by atoms with Crippen molar-refractivity contribution in [3.8, 4) is 0 Å². The highest BCUT2D eigenvalue weighted by molar-refractivity contribution is 7.09. The van der Waals surface area contributed by atoms with Crippen molar-refractivity contribution >= 4 is 11.3 Å². The van der Waals surface area contributed by atoms with Crippen LogP contribution in [0.5, 0.6) is 0 Å². The van der Waals surface area contributed by atoms with Crippen LogP contribution >= 0.6 is 11.3 Å². The van der Waals surface area contributed by atoms with Crippen molar-refractivity contribution in [2.45, 2.75) is 32.2 Å². The summed E-state index contributed by atoms with van der Waals surface area (Å²) in [6, 6.07) is 0. The molecule has 1 saturated carbocycles. The van der Waals surface area contributed by atoms with Gasteiger partial charge >= 0.3 is 0 Å². The van der Waals surface area contributed by atoms with Gasteiger partial charge in [-0.2, -0.15) is 0 Å². The van der Waals surface area contributed by atoms with Crippen molar-refractivity contribution < 1.29 is 14.2 Å². The average molecular weight is 257 g/mol. The molecule has 4 nitrogen and oxygen atoms in total. The standard InChI is InChI=1S/C12H19NO3S/c1-4-16-10(8-5-6-8)11-13-9(7-17-11)12(14-2)15-3/h7-8,10,12H,4-6H2,1-3H3. The van der Waals surface area contributed by atoms with Crippen LogP contribution in [0.4, 0.5) is 0 Å². The molecule has 1 heterocycles. The van der Waals surface area contributed by atoms with Crippen LogP contribution < -0.4 is 0 Å². The van der Waals surface area contributed by atoms with E-state index >= 15 is 0 Å². The number of rotatable bonds is 7. The Morgan fingerprint density at radius 1 is 1.41 bits per heavy atom. The molecule has 1 aromatic heterocycles. The summed E-state index contributed by atoms with van der Waals surface area (Å²) < 4.78 is 16.2. The molecular weight excluding hydrogens is 238 g/mol. The van der Waals surface area contributed by atoms with E-state index in [0.717, 1.165) is 17.3 Å². The van der Waals surface area contributed by atoms with Crippen molar-refractivity contribution in [3.05, 3.63) is 16.1 Å². The lowest BCUT2D eigenvalue weighted by molar-refractivity contribution is -0.108. The fraction of sp³-hybridized carbons (Fsp3) is 0.750. The van der Waals surface area contributed by atoms with Crippen molar-refractivity contribution in [2.75, 3.05) is 20.8 Å². The first-order valence-corrected chi connectivity index (χ1v) is 6.80. The van der Waals surface area contributed by atoms with Gasteiger partial charge in [0, 0.05) is 26.2 Å². The normalized spacial score (nSPS) is 17.6. The number of hydrogen-bond donors (Lipinski definition) is 0. The van der Waals surface area contributed by atoms with Crippen molar-refractivity contribution in [1.29, 1.82) is 0 Å². The molecule has 0 bridgehead atoms. The van der Waals surface area contributed by atoms with Crippen LogP contribution in [0, 0.1) is 5.92 Å². The highest BCUT2D eigenvalue weighted by Gasteiger charge is 2.35. The van der Waals surface area contributed by atoms with E-state index in [1.54, 1.807) is 25.6 Å². The molecule has 0 aromatic carbocycles. The fourth-order valence-corrected chi connectivity index (χ4v) is 2.82. The van der Waals surface area contributed by atoms with Gasteiger partial charge in [0.1, 0.15) is 16.8 Å². The second kappa shape index (κ2) is 5.91. The molecule has 2 rings (SSSR count). The van der Waals surface area contributed by atoms with Gasteiger partial charge in [-0.15, -0.1) is 11.3 Å². The quantitative estimate of drug-likeness (QED) is 0.704. The maximum absolute atomic E-state index is 5.78. The molecule has 5 heteroatoms. The van der Waals surface area contributed by atoms with Gasteiger partial charge in [-0.25, -0.2) is 4.98 Å². The van der Waals surface area contributed by atoms with E-state index in [1.165, 1.54) is 12.8 Å².